The Kier molecular flexibility index (Phi) is 5.75. The van der Waals surface area contributed by atoms with E-state index in [0.29, 0.717) is 10.6 Å². The maximum atomic E-state index is 11.7. The van der Waals surface area contributed by atoms with Gasteiger partial charge in [0.25, 0.3) is 5.91 Å². The molecule has 5 nitrogen and oxygen atoms in total. The van der Waals surface area contributed by atoms with Crippen molar-refractivity contribution in [2.45, 2.75) is 0 Å². The zero-order valence-electron chi connectivity index (χ0n) is 10.4. The first-order valence-electron chi connectivity index (χ1n) is 5.80. The molecule has 8 heteroatoms. The number of nitrogens with zero attached hydrogens (tertiary/aromatic N) is 1. The zero-order chi connectivity index (χ0) is 14.4. The molecule has 1 aliphatic heterocycles. The van der Waals surface area contributed by atoms with Crippen LogP contribution in [0.5, 0.6) is 0 Å². The number of aliphatic imine (C=N–C) groups is 1. The Morgan fingerprint density at radius 3 is 2.70 bits per heavy atom. The maximum Gasteiger partial charge on any atom is 0.269 e. The lowest BCUT2D eigenvalue weighted by atomic mass is 10.2. The molecule has 1 aromatic rings. The van der Waals surface area contributed by atoms with Crippen LogP contribution in [-0.2, 0) is 4.79 Å². The van der Waals surface area contributed by atoms with Crippen LogP contribution in [0, 0.1) is 0 Å². The molecule has 0 saturated carbocycles. The average molecular weight is 330 g/mol. The molecule has 0 spiro atoms. The number of thioether (sulfide) groups is 2. The molecule has 20 heavy (non-hydrogen) atoms. The molecule has 0 atom stereocenters. The van der Waals surface area contributed by atoms with Crippen LogP contribution in [0.25, 0.3) is 0 Å². The van der Waals surface area contributed by atoms with Crippen molar-refractivity contribution in [3.8, 4) is 0 Å². The molecule has 1 heterocycles. The quantitative estimate of drug-likeness (QED) is 0.831. The van der Waals surface area contributed by atoms with E-state index in [2.05, 4.69) is 15.8 Å². The lowest BCUT2D eigenvalue weighted by Gasteiger charge is -2.07. The van der Waals surface area contributed by atoms with E-state index < -0.39 is 0 Å². The Balaban J connectivity index is 1.72. The molecule has 0 saturated heterocycles. The molecule has 1 aliphatic rings. The second-order valence-electron chi connectivity index (χ2n) is 3.79. The second kappa shape index (κ2) is 7.56. The summed E-state index contributed by atoms with van der Waals surface area (Å²) in [4.78, 5) is 27.5. The van der Waals surface area contributed by atoms with E-state index in [1.165, 1.54) is 11.8 Å². The third-order valence-corrected chi connectivity index (χ3v) is 4.81. The van der Waals surface area contributed by atoms with Gasteiger partial charge in [-0.3, -0.25) is 25.4 Å². The number of carbonyl (C=O) groups is 2. The Morgan fingerprint density at radius 1 is 1.30 bits per heavy atom. The van der Waals surface area contributed by atoms with Crippen LogP contribution < -0.4 is 10.9 Å². The van der Waals surface area contributed by atoms with Crippen molar-refractivity contribution in [1.82, 2.24) is 10.9 Å². The highest BCUT2D eigenvalue weighted by Gasteiger charge is 2.11. The Morgan fingerprint density at radius 2 is 2.05 bits per heavy atom. The van der Waals surface area contributed by atoms with Crippen molar-refractivity contribution in [3.05, 3.63) is 34.9 Å². The average Bonchev–Trinajstić information content (AvgIpc) is 2.96. The van der Waals surface area contributed by atoms with E-state index in [1.54, 1.807) is 36.0 Å². The van der Waals surface area contributed by atoms with Crippen LogP contribution in [0.3, 0.4) is 0 Å². The fourth-order valence-electron chi connectivity index (χ4n) is 1.37. The van der Waals surface area contributed by atoms with Crippen molar-refractivity contribution in [3.63, 3.8) is 0 Å². The van der Waals surface area contributed by atoms with Gasteiger partial charge in [-0.25, -0.2) is 0 Å². The number of hydrazine groups is 1. The van der Waals surface area contributed by atoms with Crippen molar-refractivity contribution >= 4 is 51.3 Å². The summed E-state index contributed by atoms with van der Waals surface area (Å²) < 4.78 is 0.921. The predicted molar refractivity (Wildman–Crippen MR) is 84.3 cm³/mol. The van der Waals surface area contributed by atoms with Gasteiger partial charge in [-0.2, -0.15) is 0 Å². The monoisotopic (exact) mass is 329 g/mol. The SMILES string of the molecule is O=C(CSC1=NCCS1)NNC(=O)c1ccc(Cl)cc1. The largest absolute Gasteiger partial charge is 0.272 e. The second-order valence-corrected chi connectivity index (χ2v) is 6.54. The Bertz CT molecular complexity index is 534. The van der Waals surface area contributed by atoms with Crippen molar-refractivity contribution in [1.29, 1.82) is 0 Å². The van der Waals surface area contributed by atoms with Crippen LogP contribution in [0.1, 0.15) is 10.4 Å². The van der Waals surface area contributed by atoms with E-state index in [4.69, 9.17) is 11.6 Å². The number of halogens is 1. The summed E-state index contributed by atoms with van der Waals surface area (Å²) in [7, 11) is 0. The number of hydrogen-bond acceptors (Lipinski definition) is 5. The van der Waals surface area contributed by atoms with Crippen molar-refractivity contribution in [2.75, 3.05) is 18.1 Å². The molecule has 0 radical (unpaired) electrons. The fraction of sp³-hybridized carbons (Fsp3) is 0.250. The number of nitrogens with one attached hydrogen (secondary N) is 2. The first-order valence-corrected chi connectivity index (χ1v) is 8.15. The van der Waals surface area contributed by atoms with Gasteiger partial charge in [-0.1, -0.05) is 35.1 Å². The van der Waals surface area contributed by atoms with Gasteiger partial charge >= 0.3 is 0 Å². The van der Waals surface area contributed by atoms with Gasteiger partial charge < -0.3 is 0 Å². The molecule has 0 aliphatic carbocycles. The first-order chi connectivity index (χ1) is 9.65. The fourth-order valence-corrected chi connectivity index (χ4v) is 3.30. The van der Waals surface area contributed by atoms with Crippen LogP contribution in [0.2, 0.25) is 5.02 Å². The summed E-state index contributed by atoms with van der Waals surface area (Å²) >= 11 is 8.74. The molecule has 0 unspecified atom stereocenters. The molecule has 106 valence electrons. The van der Waals surface area contributed by atoms with Crippen molar-refractivity contribution < 1.29 is 9.59 Å². The van der Waals surface area contributed by atoms with Gasteiger partial charge in [-0.15, -0.1) is 0 Å². The van der Waals surface area contributed by atoms with Gasteiger partial charge in [0, 0.05) is 16.3 Å². The molecule has 0 fully saturated rings. The van der Waals surface area contributed by atoms with E-state index in [-0.39, 0.29) is 17.6 Å². The number of carbonyl (C=O) groups excluding carboxylic acids is 2. The smallest absolute Gasteiger partial charge is 0.269 e. The van der Waals surface area contributed by atoms with E-state index >= 15 is 0 Å². The predicted octanol–water partition coefficient (Wildman–Crippen LogP) is 1.94. The van der Waals surface area contributed by atoms with E-state index in [9.17, 15) is 9.59 Å². The summed E-state index contributed by atoms with van der Waals surface area (Å²) in [5.74, 6) is 0.546. The summed E-state index contributed by atoms with van der Waals surface area (Å²) in [6, 6.07) is 6.40. The number of amides is 2. The van der Waals surface area contributed by atoms with Gasteiger partial charge in [0.1, 0.15) is 4.38 Å². The normalized spacial score (nSPS) is 13.8. The third-order valence-electron chi connectivity index (χ3n) is 2.31. The standard InChI is InChI=1S/C12H12ClN3O2S2/c13-9-3-1-8(2-4-9)11(18)16-15-10(17)7-20-12-14-5-6-19-12/h1-4H,5-7H2,(H,15,17)(H,16,18). The van der Waals surface area contributed by atoms with Crippen LogP contribution in [0.4, 0.5) is 0 Å². The highest BCUT2D eigenvalue weighted by molar-refractivity contribution is 8.39. The molecule has 0 bridgehead atoms. The minimum Gasteiger partial charge on any atom is -0.272 e. The van der Waals surface area contributed by atoms with Crippen LogP contribution in [-0.4, -0.2) is 34.2 Å². The van der Waals surface area contributed by atoms with Gasteiger partial charge in [0.2, 0.25) is 5.91 Å². The third kappa shape index (κ3) is 4.73. The number of rotatable bonds is 3. The Labute approximate surface area is 129 Å². The summed E-state index contributed by atoms with van der Waals surface area (Å²) in [5, 5.41) is 0.553. The summed E-state index contributed by atoms with van der Waals surface area (Å²) in [5.41, 5.74) is 5.14. The van der Waals surface area contributed by atoms with Gasteiger partial charge in [0.05, 0.1) is 12.3 Å². The van der Waals surface area contributed by atoms with E-state index in [0.717, 1.165) is 16.7 Å². The molecule has 2 rings (SSSR count). The molecule has 2 amide bonds. The van der Waals surface area contributed by atoms with Crippen LogP contribution >= 0.6 is 35.1 Å². The minimum atomic E-state index is -0.382. The lowest BCUT2D eigenvalue weighted by molar-refractivity contribution is -0.119. The molecule has 2 N–H and O–H groups in total. The van der Waals surface area contributed by atoms with Crippen molar-refractivity contribution in [2.24, 2.45) is 4.99 Å². The molecule has 0 aromatic heterocycles. The highest BCUT2D eigenvalue weighted by Crippen LogP contribution is 2.21. The number of benzene rings is 1. The molecular formula is C12H12ClN3O2S2. The zero-order valence-corrected chi connectivity index (χ0v) is 12.8. The maximum absolute atomic E-state index is 11.7. The topological polar surface area (TPSA) is 70.6 Å². The first kappa shape index (κ1) is 15.2. The van der Waals surface area contributed by atoms with Crippen LogP contribution in [0.15, 0.2) is 29.3 Å². The number of hydrogen-bond donors (Lipinski definition) is 2. The van der Waals surface area contributed by atoms with Gasteiger partial charge in [0.15, 0.2) is 0 Å². The summed E-state index contributed by atoms with van der Waals surface area (Å²) in [6.07, 6.45) is 0. The Hall–Kier alpha value is -1.18. The molecule has 1 aromatic carbocycles. The van der Waals surface area contributed by atoms with Gasteiger partial charge in [-0.05, 0) is 24.3 Å². The summed E-state index contributed by atoms with van der Waals surface area (Å²) in [6.45, 7) is 0.807. The minimum absolute atomic E-state index is 0.229. The molecular weight excluding hydrogens is 318 g/mol. The highest BCUT2D eigenvalue weighted by atomic mass is 35.5. The lowest BCUT2D eigenvalue weighted by Crippen LogP contribution is -2.42. The van der Waals surface area contributed by atoms with E-state index in [1.807, 2.05) is 0 Å².